The van der Waals surface area contributed by atoms with Crippen molar-refractivity contribution < 1.29 is 0 Å². The second-order valence-corrected chi connectivity index (χ2v) is 6.79. The second kappa shape index (κ2) is 1.99. The van der Waals surface area contributed by atoms with Crippen molar-refractivity contribution in [2.24, 2.45) is 0 Å². The molecule has 0 aromatic carbocycles. The molecule has 9 heavy (non-hydrogen) atoms. The third-order valence-electron chi connectivity index (χ3n) is 2.06. The third-order valence-corrected chi connectivity index (χ3v) is 5.66. The highest BCUT2D eigenvalue weighted by Crippen LogP contribution is 2.21. The number of allylic oxidation sites excluding steroid dienone is 3. The maximum absolute atomic E-state index is 3.83. The largest absolute Gasteiger partial charge is 0.125 e. The molecule has 0 amide bonds. The maximum Gasteiger partial charge on any atom is 0.125 e. The van der Waals surface area contributed by atoms with Crippen LogP contribution >= 0.6 is 0 Å². The van der Waals surface area contributed by atoms with Crippen molar-refractivity contribution in [2.45, 2.75) is 13.5 Å². The fraction of sp³-hybridized carbons (Fsp3) is 0.250. The summed E-state index contributed by atoms with van der Waals surface area (Å²) in [6.45, 7) is 8.32. The first-order valence-corrected chi connectivity index (χ1v) is 5.85. The van der Waals surface area contributed by atoms with Gasteiger partial charge in [-0.15, -0.1) is 6.58 Å². The van der Waals surface area contributed by atoms with E-state index in [9.17, 15) is 0 Å². The Morgan fingerprint density at radius 3 is 2.56 bits per heavy atom. The zero-order chi connectivity index (χ0) is 6.91. The lowest BCUT2D eigenvalue weighted by Crippen LogP contribution is -2.24. The van der Waals surface area contributed by atoms with E-state index in [1.165, 1.54) is 5.20 Å². The SMILES string of the molecule is C=C[Si]1(C)C=CC=C1C. The molecule has 1 atom stereocenters. The molecule has 1 heterocycles. The van der Waals surface area contributed by atoms with Crippen molar-refractivity contribution in [3.05, 3.63) is 35.3 Å². The minimum absolute atomic E-state index is 1.22. The number of hydrogen-bond donors (Lipinski definition) is 0. The van der Waals surface area contributed by atoms with Gasteiger partial charge in [0, 0.05) is 0 Å². The van der Waals surface area contributed by atoms with Gasteiger partial charge in [0.1, 0.15) is 8.07 Å². The van der Waals surface area contributed by atoms with Crippen molar-refractivity contribution in [2.75, 3.05) is 0 Å². The van der Waals surface area contributed by atoms with Crippen LogP contribution in [0.4, 0.5) is 0 Å². The van der Waals surface area contributed by atoms with Crippen molar-refractivity contribution in [1.29, 1.82) is 0 Å². The first kappa shape index (κ1) is 6.56. The van der Waals surface area contributed by atoms with Gasteiger partial charge in [0.15, 0.2) is 0 Å². The van der Waals surface area contributed by atoms with E-state index in [1.807, 2.05) is 0 Å². The van der Waals surface area contributed by atoms with Gasteiger partial charge in [-0.3, -0.25) is 0 Å². The monoisotopic (exact) mass is 136 g/mol. The van der Waals surface area contributed by atoms with E-state index < -0.39 is 8.07 Å². The molecule has 1 rings (SSSR count). The van der Waals surface area contributed by atoms with Gasteiger partial charge in [-0.25, -0.2) is 0 Å². The summed E-state index contributed by atoms with van der Waals surface area (Å²) in [4.78, 5) is 0. The Morgan fingerprint density at radius 2 is 2.33 bits per heavy atom. The molecule has 48 valence electrons. The fourth-order valence-corrected chi connectivity index (χ4v) is 2.60. The summed E-state index contributed by atoms with van der Waals surface area (Å²) >= 11 is 0. The quantitative estimate of drug-likeness (QED) is 0.485. The lowest BCUT2D eigenvalue weighted by molar-refractivity contribution is 1.61. The van der Waals surface area contributed by atoms with Crippen LogP contribution in [-0.2, 0) is 0 Å². The number of hydrogen-bond acceptors (Lipinski definition) is 0. The van der Waals surface area contributed by atoms with Crippen LogP contribution in [-0.4, -0.2) is 8.07 Å². The zero-order valence-electron chi connectivity index (χ0n) is 6.02. The molecular weight excluding hydrogens is 124 g/mol. The van der Waals surface area contributed by atoms with Gasteiger partial charge in [-0.1, -0.05) is 35.3 Å². The van der Waals surface area contributed by atoms with E-state index in [-0.39, 0.29) is 0 Å². The van der Waals surface area contributed by atoms with Crippen LogP contribution in [0.1, 0.15) is 6.92 Å². The summed E-state index contributed by atoms with van der Waals surface area (Å²) in [6, 6.07) is 0. The molecule has 0 saturated heterocycles. The normalized spacial score (nSPS) is 32.4. The summed E-state index contributed by atoms with van der Waals surface area (Å²) in [5.74, 6) is 0. The van der Waals surface area contributed by atoms with Gasteiger partial charge < -0.3 is 0 Å². The van der Waals surface area contributed by atoms with Gasteiger partial charge in [0.05, 0.1) is 0 Å². The van der Waals surface area contributed by atoms with Crippen molar-refractivity contribution in [3.8, 4) is 0 Å². The summed E-state index contributed by atoms with van der Waals surface area (Å²) in [6.07, 6.45) is 4.33. The molecule has 0 spiro atoms. The van der Waals surface area contributed by atoms with E-state index in [4.69, 9.17) is 0 Å². The van der Waals surface area contributed by atoms with Crippen molar-refractivity contribution in [3.63, 3.8) is 0 Å². The molecule has 0 nitrogen and oxygen atoms in total. The Bertz CT molecular complexity index is 189. The van der Waals surface area contributed by atoms with Gasteiger partial charge in [-0.05, 0) is 6.92 Å². The molecule has 0 bridgehead atoms. The van der Waals surface area contributed by atoms with Crippen LogP contribution in [0.25, 0.3) is 0 Å². The second-order valence-electron chi connectivity index (χ2n) is 2.70. The summed E-state index contributed by atoms with van der Waals surface area (Å²) in [5.41, 5.74) is 4.41. The Hall–Kier alpha value is -0.563. The van der Waals surface area contributed by atoms with Crippen LogP contribution in [0, 0.1) is 0 Å². The summed E-state index contributed by atoms with van der Waals surface area (Å²) in [7, 11) is -1.22. The van der Waals surface area contributed by atoms with E-state index in [1.54, 1.807) is 0 Å². The maximum atomic E-state index is 3.83. The van der Waals surface area contributed by atoms with Gasteiger partial charge in [-0.2, -0.15) is 0 Å². The lowest BCUT2D eigenvalue weighted by atomic mass is 10.5. The van der Waals surface area contributed by atoms with Crippen molar-refractivity contribution >= 4 is 8.07 Å². The molecule has 0 radical (unpaired) electrons. The molecule has 0 saturated carbocycles. The standard InChI is InChI=1S/C8H12Si/c1-4-9(3)7-5-6-8(9)2/h4-7H,1H2,2-3H3. The minimum Gasteiger partial charge on any atom is -0.106 e. The Kier molecular flexibility index (Phi) is 1.45. The highest BCUT2D eigenvalue weighted by atomic mass is 28.3. The van der Waals surface area contributed by atoms with Crippen molar-refractivity contribution in [1.82, 2.24) is 0 Å². The van der Waals surface area contributed by atoms with Crippen LogP contribution in [0.15, 0.2) is 35.3 Å². The van der Waals surface area contributed by atoms with Gasteiger partial charge >= 0.3 is 0 Å². The third kappa shape index (κ3) is 0.923. The minimum atomic E-state index is -1.22. The fourth-order valence-electron chi connectivity index (χ4n) is 0.932. The highest BCUT2D eigenvalue weighted by molar-refractivity contribution is 6.94. The first-order valence-electron chi connectivity index (χ1n) is 3.19. The molecule has 1 aliphatic heterocycles. The molecule has 0 aromatic heterocycles. The predicted octanol–water partition coefficient (Wildman–Crippen LogP) is 2.38. The van der Waals surface area contributed by atoms with E-state index >= 15 is 0 Å². The molecule has 1 heteroatoms. The van der Waals surface area contributed by atoms with E-state index in [2.05, 4.69) is 43.6 Å². The Morgan fingerprint density at radius 1 is 1.67 bits per heavy atom. The molecule has 1 unspecified atom stereocenters. The topological polar surface area (TPSA) is 0 Å². The molecule has 1 aliphatic rings. The molecule has 0 fully saturated rings. The average Bonchev–Trinajstić information content (AvgIpc) is 2.15. The smallest absolute Gasteiger partial charge is 0.106 e. The predicted molar refractivity (Wildman–Crippen MR) is 44.7 cm³/mol. The van der Waals surface area contributed by atoms with Crippen LogP contribution < -0.4 is 0 Å². The highest BCUT2D eigenvalue weighted by Gasteiger charge is 2.23. The van der Waals surface area contributed by atoms with Gasteiger partial charge in [0.25, 0.3) is 0 Å². The Labute approximate surface area is 57.6 Å². The zero-order valence-corrected chi connectivity index (χ0v) is 7.02. The summed E-state index contributed by atoms with van der Waals surface area (Å²) < 4.78 is 0. The Balaban J connectivity index is 2.95. The van der Waals surface area contributed by atoms with E-state index in [0.717, 1.165) is 0 Å². The van der Waals surface area contributed by atoms with Crippen LogP contribution in [0.5, 0.6) is 0 Å². The van der Waals surface area contributed by atoms with Gasteiger partial charge in [0.2, 0.25) is 0 Å². The lowest BCUT2D eigenvalue weighted by Gasteiger charge is -2.14. The average molecular weight is 136 g/mol. The molecule has 0 aromatic rings. The van der Waals surface area contributed by atoms with Crippen LogP contribution in [0.2, 0.25) is 6.55 Å². The summed E-state index contributed by atoms with van der Waals surface area (Å²) in [5, 5.41) is 1.51. The molecular formula is C8H12Si. The molecule has 0 aliphatic carbocycles. The van der Waals surface area contributed by atoms with Crippen LogP contribution in [0.3, 0.4) is 0 Å². The first-order chi connectivity index (χ1) is 4.19. The number of rotatable bonds is 1. The van der Waals surface area contributed by atoms with E-state index in [0.29, 0.717) is 0 Å². The molecule has 0 N–H and O–H groups in total.